The second-order valence-electron chi connectivity index (χ2n) is 5.92. The van der Waals surface area contributed by atoms with E-state index < -0.39 is 0 Å². The smallest absolute Gasteiger partial charge is 0.268 e. The highest BCUT2D eigenvalue weighted by Crippen LogP contribution is 2.38. The maximum atomic E-state index is 13.2. The molecule has 1 fully saturated rings. The van der Waals surface area contributed by atoms with E-state index in [2.05, 4.69) is 9.98 Å². The molecular weight excluding hydrogens is 433 g/mol. The number of rotatable bonds is 3. The second kappa shape index (κ2) is 8.09. The number of aryl methyl sites for hydroxylation is 1. The van der Waals surface area contributed by atoms with Crippen LogP contribution < -0.4 is 4.90 Å². The zero-order chi connectivity index (χ0) is 19.7. The van der Waals surface area contributed by atoms with Crippen LogP contribution in [0.5, 0.6) is 0 Å². The quantitative estimate of drug-likeness (QED) is 0.428. The Morgan fingerprint density at radius 3 is 2.61 bits per heavy atom. The minimum atomic E-state index is -0.158. The van der Waals surface area contributed by atoms with Crippen molar-refractivity contribution in [2.45, 2.75) is 6.92 Å². The molecule has 0 radical (unpaired) electrons. The summed E-state index contributed by atoms with van der Waals surface area (Å²) in [4.78, 5) is 24.3. The predicted molar refractivity (Wildman–Crippen MR) is 120 cm³/mol. The van der Waals surface area contributed by atoms with Crippen LogP contribution >= 0.6 is 46.3 Å². The normalized spacial score (nSPS) is 17.1. The minimum absolute atomic E-state index is 0.158. The molecule has 0 unspecified atom stereocenters. The number of anilines is 1. The van der Waals surface area contributed by atoms with Gasteiger partial charge in [-0.2, -0.15) is 4.99 Å². The zero-order valence-corrected chi connectivity index (χ0v) is 17.7. The van der Waals surface area contributed by atoms with Crippen LogP contribution in [0.4, 0.5) is 10.8 Å². The topological polar surface area (TPSA) is 45.6 Å². The van der Waals surface area contributed by atoms with Crippen molar-refractivity contribution < 1.29 is 4.79 Å². The van der Waals surface area contributed by atoms with E-state index in [9.17, 15) is 4.79 Å². The Morgan fingerprint density at radius 2 is 1.93 bits per heavy atom. The van der Waals surface area contributed by atoms with Gasteiger partial charge in [-0.25, -0.2) is 4.98 Å². The minimum Gasteiger partial charge on any atom is -0.268 e. The van der Waals surface area contributed by atoms with Gasteiger partial charge in [-0.3, -0.25) is 9.69 Å². The summed E-state index contributed by atoms with van der Waals surface area (Å²) >= 11 is 15.0. The maximum absolute atomic E-state index is 13.2. The van der Waals surface area contributed by atoms with Crippen LogP contribution in [0.2, 0.25) is 10.0 Å². The Hall–Kier alpha value is -2.12. The van der Waals surface area contributed by atoms with Gasteiger partial charge in [-0.1, -0.05) is 47.5 Å². The molecule has 0 bridgehead atoms. The maximum Gasteiger partial charge on any atom is 0.271 e. The number of hydrogen-bond donors (Lipinski definition) is 0. The summed E-state index contributed by atoms with van der Waals surface area (Å²) in [7, 11) is 0. The van der Waals surface area contributed by atoms with E-state index in [1.807, 2.05) is 42.6 Å². The van der Waals surface area contributed by atoms with Gasteiger partial charge in [0.2, 0.25) is 5.13 Å². The number of thiazole rings is 1. The van der Waals surface area contributed by atoms with Gasteiger partial charge in [0.05, 0.1) is 16.3 Å². The fourth-order valence-corrected chi connectivity index (χ4v) is 4.75. The van der Waals surface area contributed by atoms with Crippen molar-refractivity contribution in [3.8, 4) is 0 Å². The van der Waals surface area contributed by atoms with E-state index in [0.29, 0.717) is 25.2 Å². The lowest BCUT2D eigenvalue weighted by Gasteiger charge is -2.14. The molecule has 0 saturated carbocycles. The number of aromatic nitrogens is 1. The molecule has 1 saturated heterocycles. The molecule has 1 aliphatic rings. The lowest BCUT2D eigenvalue weighted by atomic mass is 10.2. The van der Waals surface area contributed by atoms with Gasteiger partial charge in [0.1, 0.15) is 0 Å². The number of carbonyl (C=O) groups is 1. The van der Waals surface area contributed by atoms with Crippen molar-refractivity contribution in [1.82, 2.24) is 4.98 Å². The number of hydrogen-bond acceptors (Lipinski definition) is 5. The fraction of sp³-hybridized carbons (Fsp3) is 0.0500. The Bertz CT molecular complexity index is 1110. The predicted octanol–water partition coefficient (Wildman–Crippen LogP) is 6.57. The molecule has 4 rings (SSSR count). The van der Waals surface area contributed by atoms with Crippen molar-refractivity contribution in [1.29, 1.82) is 0 Å². The number of aliphatic imine (C=N–C) groups is 1. The van der Waals surface area contributed by atoms with Crippen molar-refractivity contribution >= 4 is 74.3 Å². The van der Waals surface area contributed by atoms with E-state index in [-0.39, 0.29) is 5.91 Å². The Kier molecular flexibility index (Phi) is 5.55. The SMILES string of the molecule is Cc1csc(/N=C2/S/C(=C\c3ccc(Cl)cc3Cl)C(=O)N2c2ccccc2)n1. The fourth-order valence-electron chi connectivity index (χ4n) is 2.59. The zero-order valence-electron chi connectivity index (χ0n) is 14.6. The molecular formula is C20H13Cl2N3OS2. The number of halogens is 2. The molecule has 2 heterocycles. The molecule has 0 spiro atoms. The standard InChI is InChI=1S/C20H13Cl2N3OS2/c1-12-11-27-19(23-12)24-20-25(15-5-3-2-4-6-15)18(26)17(28-20)9-13-7-8-14(21)10-16(13)22/h2-11H,1H3/b17-9-,24-20+. The number of carbonyl (C=O) groups excluding carboxylic acids is 1. The second-order valence-corrected chi connectivity index (χ2v) is 8.61. The summed E-state index contributed by atoms with van der Waals surface area (Å²) in [6.45, 7) is 1.91. The molecule has 1 aliphatic heterocycles. The third-order valence-electron chi connectivity index (χ3n) is 3.87. The van der Waals surface area contributed by atoms with Gasteiger partial charge in [-0.15, -0.1) is 11.3 Å². The van der Waals surface area contributed by atoms with Gasteiger partial charge in [0.15, 0.2) is 5.17 Å². The van der Waals surface area contributed by atoms with Crippen molar-refractivity contribution in [3.05, 3.63) is 80.1 Å². The first-order valence-electron chi connectivity index (χ1n) is 8.26. The summed E-state index contributed by atoms with van der Waals surface area (Å²) in [5, 5.41) is 4.13. The molecule has 1 amide bonds. The van der Waals surface area contributed by atoms with Crippen LogP contribution in [-0.2, 0) is 4.79 Å². The summed E-state index contributed by atoms with van der Waals surface area (Å²) < 4.78 is 0. The first-order chi connectivity index (χ1) is 13.5. The lowest BCUT2D eigenvalue weighted by Crippen LogP contribution is -2.28. The first kappa shape index (κ1) is 19.2. The van der Waals surface area contributed by atoms with Gasteiger partial charge in [0, 0.05) is 15.4 Å². The first-order valence-corrected chi connectivity index (χ1v) is 10.7. The van der Waals surface area contributed by atoms with Gasteiger partial charge in [-0.05, 0) is 54.6 Å². The number of amides is 1. The van der Waals surface area contributed by atoms with Crippen LogP contribution in [0, 0.1) is 6.92 Å². The summed E-state index contributed by atoms with van der Waals surface area (Å²) in [6.07, 6.45) is 1.76. The molecule has 0 N–H and O–H groups in total. The van der Waals surface area contributed by atoms with Crippen molar-refractivity contribution in [2.24, 2.45) is 4.99 Å². The summed E-state index contributed by atoms with van der Waals surface area (Å²) in [5.74, 6) is -0.158. The third kappa shape index (κ3) is 4.00. The average molecular weight is 446 g/mol. The van der Waals surface area contributed by atoms with Crippen LogP contribution in [-0.4, -0.2) is 16.1 Å². The summed E-state index contributed by atoms with van der Waals surface area (Å²) in [5.41, 5.74) is 2.37. The molecule has 0 aliphatic carbocycles. The molecule has 4 nitrogen and oxygen atoms in total. The van der Waals surface area contributed by atoms with Crippen LogP contribution in [0.15, 0.2) is 63.8 Å². The van der Waals surface area contributed by atoms with Crippen molar-refractivity contribution in [2.75, 3.05) is 4.90 Å². The number of amidine groups is 1. The largest absolute Gasteiger partial charge is 0.271 e. The van der Waals surface area contributed by atoms with E-state index >= 15 is 0 Å². The van der Waals surface area contributed by atoms with Gasteiger partial charge >= 0.3 is 0 Å². The highest BCUT2D eigenvalue weighted by atomic mass is 35.5. The molecule has 0 atom stereocenters. The van der Waals surface area contributed by atoms with Crippen LogP contribution in [0.3, 0.4) is 0 Å². The molecule has 3 aromatic rings. The van der Waals surface area contributed by atoms with E-state index in [4.69, 9.17) is 23.2 Å². The Balaban J connectivity index is 1.78. The monoisotopic (exact) mass is 445 g/mol. The average Bonchev–Trinajstić information content (AvgIpc) is 3.21. The Labute approximate surface area is 180 Å². The van der Waals surface area contributed by atoms with E-state index in [1.165, 1.54) is 23.1 Å². The molecule has 2 aromatic carbocycles. The van der Waals surface area contributed by atoms with E-state index in [1.54, 1.807) is 29.2 Å². The number of benzene rings is 2. The van der Waals surface area contributed by atoms with E-state index in [0.717, 1.165) is 16.9 Å². The number of thioether (sulfide) groups is 1. The highest BCUT2D eigenvalue weighted by molar-refractivity contribution is 8.19. The van der Waals surface area contributed by atoms with Crippen LogP contribution in [0.1, 0.15) is 11.3 Å². The lowest BCUT2D eigenvalue weighted by molar-refractivity contribution is -0.113. The number of para-hydroxylation sites is 1. The molecule has 1 aromatic heterocycles. The van der Waals surface area contributed by atoms with Crippen LogP contribution in [0.25, 0.3) is 6.08 Å². The van der Waals surface area contributed by atoms with Gasteiger partial charge < -0.3 is 0 Å². The van der Waals surface area contributed by atoms with Crippen molar-refractivity contribution in [3.63, 3.8) is 0 Å². The molecule has 8 heteroatoms. The molecule has 28 heavy (non-hydrogen) atoms. The molecule has 140 valence electrons. The van der Waals surface area contributed by atoms with Gasteiger partial charge in [0.25, 0.3) is 5.91 Å². The third-order valence-corrected chi connectivity index (χ3v) is 6.25. The Morgan fingerprint density at radius 1 is 1.14 bits per heavy atom. The highest BCUT2D eigenvalue weighted by Gasteiger charge is 2.35. The summed E-state index contributed by atoms with van der Waals surface area (Å²) in [6, 6.07) is 14.6. The number of nitrogens with zero attached hydrogens (tertiary/aromatic N) is 3.